The summed E-state index contributed by atoms with van der Waals surface area (Å²) in [5, 5.41) is 8.20. The van der Waals surface area contributed by atoms with E-state index in [0.29, 0.717) is 39.9 Å². The number of aromatic amines is 1. The molecule has 1 heterocycles. The van der Waals surface area contributed by atoms with Gasteiger partial charge in [-0.3, -0.25) is 24.7 Å². The molecule has 0 radical (unpaired) electrons. The van der Waals surface area contributed by atoms with Crippen molar-refractivity contribution in [2.75, 3.05) is 25.2 Å². The molecular weight excluding hydrogens is 508 g/mol. The lowest BCUT2D eigenvalue weighted by Crippen LogP contribution is -2.36. The third kappa shape index (κ3) is 6.04. The molecule has 4 N–H and O–H groups in total. The molecule has 0 atom stereocenters. The summed E-state index contributed by atoms with van der Waals surface area (Å²) in [5.74, 6) is -0.659. The van der Waals surface area contributed by atoms with Crippen molar-refractivity contribution < 1.29 is 23.9 Å². The molecule has 4 aromatic rings. The largest absolute Gasteiger partial charge is 0.496 e. The Morgan fingerprint density at radius 3 is 2.42 bits per heavy atom. The zero-order valence-corrected chi connectivity index (χ0v) is 22.7. The first-order valence-electron chi connectivity index (χ1n) is 12.9. The maximum Gasteiger partial charge on any atom is 0.326 e. The predicted molar refractivity (Wildman–Crippen MR) is 154 cm³/mol. The molecule has 9 heteroatoms. The number of esters is 1. The van der Waals surface area contributed by atoms with Gasteiger partial charge in [0.15, 0.2) is 5.78 Å². The van der Waals surface area contributed by atoms with Crippen molar-refractivity contribution in [2.24, 2.45) is 5.73 Å². The van der Waals surface area contributed by atoms with Crippen LogP contribution in [-0.4, -0.2) is 48.7 Å². The van der Waals surface area contributed by atoms with Gasteiger partial charge in [0.2, 0.25) is 0 Å². The third-order valence-corrected chi connectivity index (χ3v) is 6.64. The molecule has 0 saturated heterocycles. The number of aryl methyl sites for hydroxylation is 2. The molecule has 0 aliphatic heterocycles. The summed E-state index contributed by atoms with van der Waals surface area (Å²) in [7, 11) is 1.48. The van der Waals surface area contributed by atoms with Crippen molar-refractivity contribution in [3.8, 4) is 5.75 Å². The highest BCUT2D eigenvalue weighted by atomic mass is 16.5. The molecule has 40 heavy (non-hydrogen) atoms. The summed E-state index contributed by atoms with van der Waals surface area (Å²) >= 11 is 0. The van der Waals surface area contributed by atoms with Crippen molar-refractivity contribution in [3.63, 3.8) is 0 Å². The van der Waals surface area contributed by atoms with Gasteiger partial charge in [0, 0.05) is 39.8 Å². The van der Waals surface area contributed by atoms with E-state index in [2.05, 4.69) is 4.98 Å². The fourth-order valence-electron chi connectivity index (χ4n) is 4.66. The van der Waals surface area contributed by atoms with Crippen LogP contribution in [0.1, 0.15) is 50.9 Å². The standard InChI is InChI=1S/C31H32N4O5/c1-4-40-28(37)18-35(31(38)23-7-5-6-8-27(23)39-3)22-14-15-25-24(17-22)29(19(2)34-25)26(36)16-11-20-9-12-21(13-10-20)30(32)33/h5-10,12-15,17,34H,4,11,16,18H2,1-3H3,(H3,32,33). The van der Waals surface area contributed by atoms with Crippen LogP contribution < -0.4 is 15.4 Å². The Kier molecular flexibility index (Phi) is 8.63. The average Bonchev–Trinajstić information content (AvgIpc) is 3.29. The van der Waals surface area contributed by atoms with E-state index in [9.17, 15) is 14.4 Å². The minimum Gasteiger partial charge on any atom is -0.496 e. The van der Waals surface area contributed by atoms with Crippen LogP contribution in [0, 0.1) is 12.3 Å². The second-order valence-corrected chi connectivity index (χ2v) is 9.29. The van der Waals surface area contributed by atoms with Gasteiger partial charge in [-0.05, 0) is 56.2 Å². The first-order valence-corrected chi connectivity index (χ1v) is 12.9. The Bertz CT molecular complexity index is 1570. The second-order valence-electron chi connectivity index (χ2n) is 9.29. The number of carbonyl (C=O) groups is 3. The molecule has 0 saturated carbocycles. The van der Waals surface area contributed by atoms with Crippen molar-refractivity contribution in [1.29, 1.82) is 5.41 Å². The number of nitrogens with two attached hydrogens (primary N) is 1. The summed E-state index contributed by atoms with van der Waals surface area (Å²) in [4.78, 5) is 44.2. The molecule has 4 rings (SSSR count). The van der Waals surface area contributed by atoms with Gasteiger partial charge in [0.25, 0.3) is 5.91 Å². The van der Waals surface area contributed by atoms with Crippen molar-refractivity contribution in [3.05, 3.63) is 94.7 Å². The number of aromatic nitrogens is 1. The van der Waals surface area contributed by atoms with Gasteiger partial charge < -0.3 is 20.2 Å². The number of hydrogen-bond acceptors (Lipinski definition) is 6. The zero-order chi connectivity index (χ0) is 28.8. The summed E-state index contributed by atoms with van der Waals surface area (Å²) in [6, 6.07) is 19.3. The van der Waals surface area contributed by atoms with Crippen LogP contribution >= 0.6 is 0 Å². The number of fused-ring (bicyclic) bond motifs is 1. The monoisotopic (exact) mass is 540 g/mol. The van der Waals surface area contributed by atoms with E-state index < -0.39 is 11.9 Å². The first kappa shape index (κ1) is 28.1. The number of amidine groups is 1. The van der Waals surface area contributed by atoms with Crippen molar-refractivity contribution >= 4 is 40.1 Å². The first-order chi connectivity index (χ1) is 19.2. The lowest BCUT2D eigenvalue weighted by molar-refractivity contribution is -0.141. The fraction of sp³-hybridized carbons (Fsp3) is 0.226. The smallest absolute Gasteiger partial charge is 0.326 e. The Labute approximate surface area is 232 Å². The number of ether oxygens (including phenoxy) is 2. The van der Waals surface area contributed by atoms with E-state index in [1.165, 1.54) is 12.0 Å². The molecule has 206 valence electrons. The van der Waals surface area contributed by atoms with Crippen LogP contribution in [0.15, 0.2) is 66.7 Å². The number of nitrogens with one attached hydrogen (secondary N) is 2. The van der Waals surface area contributed by atoms with Gasteiger partial charge in [-0.25, -0.2) is 0 Å². The van der Waals surface area contributed by atoms with E-state index in [0.717, 1.165) is 16.8 Å². The molecule has 0 unspecified atom stereocenters. The highest BCUT2D eigenvalue weighted by Crippen LogP contribution is 2.30. The van der Waals surface area contributed by atoms with E-state index in [4.69, 9.17) is 20.6 Å². The molecule has 0 aliphatic rings. The van der Waals surface area contributed by atoms with Crippen LogP contribution in [0.3, 0.4) is 0 Å². The molecule has 0 fully saturated rings. The molecule has 0 aliphatic carbocycles. The highest BCUT2D eigenvalue weighted by Gasteiger charge is 2.25. The number of benzene rings is 3. The van der Waals surface area contributed by atoms with Crippen molar-refractivity contribution in [1.82, 2.24) is 4.98 Å². The number of H-pyrrole nitrogens is 1. The number of rotatable bonds is 11. The van der Waals surface area contributed by atoms with E-state index in [-0.39, 0.29) is 31.2 Å². The van der Waals surface area contributed by atoms with Crippen LogP contribution in [0.4, 0.5) is 5.69 Å². The number of hydrogen-bond donors (Lipinski definition) is 3. The number of para-hydroxylation sites is 1. The maximum atomic E-state index is 13.7. The van der Waals surface area contributed by atoms with Gasteiger partial charge in [-0.1, -0.05) is 36.4 Å². The number of anilines is 1. The summed E-state index contributed by atoms with van der Waals surface area (Å²) in [6.07, 6.45) is 0.786. The molecule has 3 aromatic carbocycles. The molecule has 1 aromatic heterocycles. The van der Waals surface area contributed by atoms with Gasteiger partial charge >= 0.3 is 5.97 Å². The SMILES string of the molecule is CCOC(=O)CN(C(=O)c1ccccc1OC)c1ccc2[nH]c(C)c(C(=O)CCc3ccc(C(=N)N)cc3)c2c1. The number of amides is 1. The second kappa shape index (κ2) is 12.3. The van der Waals surface area contributed by atoms with Gasteiger partial charge in [-0.15, -0.1) is 0 Å². The van der Waals surface area contributed by atoms with Crippen LogP contribution in [0.25, 0.3) is 10.9 Å². The zero-order valence-electron chi connectivity index (χ0n) is 22.7. The molecule has 0 spiro atoms. The molecule has 0 bridgehead atoms. The van der Waals surface area contributed by atoms with Gasteiger partial charge in [0.1, 0.15) is 18.1 Å². The van der Waals surface area contributed by atoms with E-state index >= 15 is 0 Å². The van der Waals surface area contributed by atoms with Crippen LogP contribution in [0.2, 0.25) is 0 Å². The average molecular weight is 541 g/mol. The maximum absolute atomic E-state index is 13.7. The van der Waals surface area contributed by atoms with Crippen LogP contribution in [-0.2, 0) is 16.0 Å². The van der Waals surface area contributed by atoms with Gasteiger partial charge in [0.05, 0.1) is 19.3 Å². The summed E-state index contributed by atoms with van der Waals surface area (Å²) in [5.41, 5.74) is 9.87. The quantitative estimate of drug-likeness (QED) is 0.108. The minimum atomic E-state index is -0.553. The van der Waals surface area contributed by atoms with E-state index in [1.807, 2.05) is 19.1 Å². The Balaban J connectivity index is 1.67. The number of nitrogen functional groups attached to an aromatic ring is 1. The summed E-state index contributed by atoms with van der Waals surface area (Å²) < 4.78 is 10.5. The number of nitrogens with zero attached hydrogens (tertiary/aromatic N) is 1. The lowest BCUT2D eigenvalue weighted by atomic mass is 9.99. The highest BCUT2D eigenvalue weighted by molar-refractivity contribution is 6.13. The summed E-state index contributed by atoms with van der Waals surface area (Å²) in [6.45, 7) is 3.42. The number of Topliss-reactive ketones (excluding diaryl/α,β-unsaturated/α-hetero) is 1. The number of carbonyl (C=O) groups excluding carboxylic acids is 3. The topological polar surface area (TPSA) is 139 Å². The Hall–Kier alpha value is -4.92. The van der Waals surface area contributed by atoms with Gasteiger partial charge in [-0.2, -0.15) is 0 Å². The minimum absolute atomic E-state index is 0.00552. The number of methoxy groups -OCH3 is 1. The molecular formula is C31H32N4O5. The fourth-order valence-corrected chi connectivity index (χ4v) is 4.66. The normalized spacial score (nSPS) is 10.8. The Morgan fingerprint density at radius 1 is 1.02 bits per heavy atom. The third-order valence-electron chi connectivity index (χ3n) is 6.64. The van der Waals surface area contributed by atoms with Crippen molar-refractivity contribution in [2.45, 2.75) is 26.7 Å². The number of ketones is 1. The van der Waals surface area contributed by atoms with Crippen LogP contribution in [0.5, 0.6) is 5.75 Å². The van der Waals surface area contributed by atoms with E-state index in [1.54, 1.807) is 61.5 Å². The molecule has 1 amide bonds. The predicted octanol–water partition coefficient (Wildman–Crippen LogP) is 4.79. The molecule has 9 nitrogen and oxygen atoms in total. The lowest BCUT2D eigenvalue weighted by Gasteiger charge is -2.23. The Morgan fingerprint density at radius 2 is 1.75 bits per heavy atom.